The molecule has 0 aliphatic carbocycles. The highest BCUT2D eigenvalue weighted by atomic mass is 16.5. The predicted molar refractivity (Wildman–Crippen MR) is 126 cm³/mol. The first kappa shape index (κ1) is 22.1. The zero-order valence-corrected chi connectivity index (χ0v) is 18.5. The summed E-state index contributed by atoms with van der Waals surface area (Å²) in [5, 5.41) is 5.38. The molecule has 0 fully saturated rings. The van der Waals surface area contributed by atoms with Gasteiger partial charge in [0.05, 0.1) is 18.8 Å². The molecule has 3 aromatic rings. The van der Waals surface area contributed by atoms with Crippen molar-refractivity contribution in [1.82, 2.24) is 5.32 Å². The molecule has 33 heavy (non-hydrogen) atoms. The van der Waals surface area contributed by atoms with E-state index in [2.05, 4.69) is 10.6 Å². The Labute approximate surface area is 192 Å². The van der Waals surface area contributed by atoms with Crippen LogP contribution in [0.1, 0.15) is 28.4 Å². The van der Waals surface area contributed by atoms with Crippen molar-refractivity contribution in [2.45, 2.75) is 26.5 Å². The van der Waals surface area contributed by atoms with Gasteiger partial charge in [0.25, 0.3) is 11.8 Å². The Morgan fingerprint density at radius 3 is 2.48 bits per heavy atom. The second-order valence-electron chi connectivity index (χ2n) is 7.89. The minimum absolute atomic E-state index is 0.149. The molecule has 1 heterocycles. The van der Waals surface area contributed by atoms with Gasteiger partial charge in [-0.05, 0) is 55.3 Å². The Morgan fingerprint density at radius 1 is 1.00 bits per heavy atom. The Balaban J connectivity index is 1.48. The molecule has 3 amide bonds. The van der Waals surface area contributed by atoms with Crippen LogP contribution in [0.15, 0.2) is 72.8 Å². The first-order valence-corrected chi connectivity index (χ1v) is 10.7. The van der Waals surface area contributed by atoms with Crippen molar-refractivity contribution in [3.63, 3.8) is 0 Å². The summed E-state index contributed by atoms with van der Waals surface area (Å²) >= 11 is 0. The molecule has 0 saturated carbocycles. The number of benzene rings is 3. The van der Waals surface area contributed by atoms with E-state index in [4.69, 9.17) is 4.74 Å². The minimum atomic E-state index is -0.602. The average molecular weight is 444 g/mol. The second kappa shape index (κ2) is 9.56. The van der Waals surface area contributed by atoms with E-state index in [0.29, 0.717) is 29.2 Å². The van der Waals surface area contributed by atoms with Gasteiger partial charge in [0.1, 0.15) is 5.75 Å². The van der Waals surface area contributed by atoms with Crippen molar-refractivity contribution in [2.75, 3.05) is 16.8 Å². The lowest BCUT2D eigenvalue weighted by molar-refractivity contribution is -0.125. The van der Waals surface area contributed by atoms with Gasteiger partial charge in [0, 0.05) is 11.3 Å². The molecule has 0 aromatic heterocycles. The second-order valence-corrected chi connectivity index (χ2v) is 7.89. The van der Waals surface area contributed by atoms with E-state index >= 15 is 0 Å². The molecule has 1 aliphatic rings. The number of carbonyl (C=O) groups excluding carboxylic acids is 3. The number of anilines is 2. The summed E-state index contributed by atoms with van der Waals surface area (Å²) in [7, 11) is 0. The lowest BCUT2D eigenvalue weighted by Crippen LogP contribution is -2.44. The first-order valence-electron chi connectivity index (χ1n) is 10.7. The topological polar surface area (TPSA) is 87.7 Å². The minimum Gasteiger partial charge on any atom is -0.479 e. The SMILES string of the molecule is Cc1ccccc1CN1C(=O)C(C)Oc2ccc(NC(=O)CNC(=O)c3ccccc3)cc21. The zero-order chi connectivity index (χ0) is 23.4. The summed E-state index contributed by atoms with van der Waals surface area (Å²) in [5.41, 5.74) is 3.70. The third-order valence-electron chi connectivity index (χ3n) is 5.49. The Morgan fingerprint density at radius 2 is 1.73 bits per heavy atom. The van der Waals surface area contributed by atoms with Crippen LogP contribution in [0.25, 0.3) is 0 Å². The maximum Gasteiger partial charge on any atom is 0.268 e. The number of nitrogens with zero attached hydrogens (tertiary/aromatic N) is 1. The van der Waals surface area contributed by atoms with Crippen LogP contribution in [0.5, 0.6) is 5.75 Å². The van der Waals surface area contributed by atoms with Crippen molar-refractivity contribution in [3.8, 4) is 5.75 Å². The molecular formula is C26H25N3O4. The smallest absolute Gasteiger partial charge is 0.268 e. The van der Waals surface area contributed by atoms with Crippen LogP contribution >= 0.6 is 0 Å². The fourth-order valence-corrected chi connectivity index (χ4v) is 3.66. The third kappa shape index (κ3) is 5.03. The number of amides is 3. The summed E-state index contributed by atoms with van der Waals surface area (Å²) in [6, 6.07) is 21.8. The van der Waals surface area contributed by atoms with Crippen LogP contribution in [-0.2, 0) is 16.1 Å². The fourth-order valence-electron chi connectivity index (χ4n) is 3.66. The molecule has 4 rings (SSSR count). The molecule has 0 bridgehead atoms. The van der Waals surface area contributed by atoms with E-state index in [1.165, 1.54) is 0 Å². The van der Waals surface area contributed by atoms with Gasteiger partial charge in [-0.25, -0.2) is 0 Å². The van der Waals surface area contributed by atoms with Gasteiger partial charge in [0.2, 0.25) is 5.91 Å². The van der Waals surface area contributed by atoms with E-state index in [-0.39, 0.29) is 24.3 Å². The normalized spacial score (nSPS) is 14.8. The number of ether oxygens (including phenoxy) is 1. The van der Waals surface area contributed by atoms with E-state index in [0.717, 1.165) is 11.1 Å². The molecule has 0 saturated heterocycles. The van der Waals surface area contributed by atoms with Crippen LogP contribution < -0.4 is 20.3 Å². The molecule has 0 radical (unpaired) electrons. The van der Waals surface area contributed by atoms with Crippen molar-refractivity contribution in [2.24, 2.45) is 0 Å². The summed E-state index contributed by atoms with van der Waals surface area (Å²) in [4.78, 5) is 39.2. The molecule has 0 spiro atoms. The van der Waals surface area contributed by atoms with Crippen LogP contribution in [0.2, 0.25) is 0 Å². The van der Waals surface area contributed by atoms with Crippen molar-refractivity contribution < 1.29 is 19.1 Å². The Hall–Kier alpha value is -4.13. The number of hydrogen-bond acceptors (Lipinski definition) is 4. The summed E-state index contributed by atoms with van der Waals surface area (Å²) in [6.07, 6.45) is -0.602. The van der Waals surface area contributed by atoms with E-state index < -0.39 is 6.10 Å². The number of aryl methyl sites for hydroxylation is 1. The predicted octanol–water partition coefficient (Wildman–Crippen LogP) is 3.68. The van der Waals surface area contributed by atoms with Crippen LogP contribution in [0.3, 0.4) is 0 Å². The van der Waals surface area contributed by atoms with Crippen LogP contribution in [-0.4, -0.2) is 30.4 Å². The molecule has 1 aliphatic heterocycles. The molecule has 7 heteroatoms. The van der Waals surface area contributed by atoms with Gasteiger partial charge < -0.3 is 20.3 Å². The third-order valence-corrected chi connectivity index (χ3v) is 5.49. The molecule has 7 nitrogen and oxygen atoms in total. The van der Waals surface area contributed by atoms with Gasteiger partial charge >= 0.3 is 0 Å². The molecule has 2 N–H and O–H groups in total. The lowest BCUT2D eigenvalue weighted by Gasteiger charge is -2.33. The lowest BCUT2D eigenvalue weighted by atomic mass is 10.1. The summed E-state index contributed by atoms with van der Waals surface area (Å²) < 4.78 is 5.77. The molecule has 3 aromatic carbocycles. The number of nitrogens with one attached hydrogen (secondary N) is 2. The van der Waals surface area contributed by atoms with Crippen molar-refractivity contribution >= 4 is 29.1 Å². The quantitative estimate of drug-likeness (QED) is 0.608. The van der Waals surface area contributed by atoms with E-state index in [9.17, 15) is 14.4 Å². The molecular weight excluding hydrogens is 418 g/mol. The Kier molecular flexibility index (Phi) is 6.40. The van der Waals surface area contributed by atoms with Crippen molar-refractivity contribution in [3.05, 3.63) is 89.5 Å². The Bertz CT molecular complexity index is 1190. The van der Waals surface area contributed by atoms with Crippen molar-refractivity contribution in [1.29, 1.82) is 0 Å². The largest absolute Gasteiger partial charge is 0.479 e. The highest BCUT2D eigenvalue weighted by Crippen LogP contribution is 2.37. The maximum absolute atomic E-state index is 12.9. The standard InChI is InChI=1S/C26H25N3O4/c1-17-8-6-7-11-20(17)16-29-22-14-21(12-13-23(22)33-18(2)26(29)32)28-24(30)15-27-25(31)19-9-4-3-5-10-19/h3-14,18H,15-16H2,1-2H3,(H,27,31)(H,28,30). The number of carbonyl (C=O) groups is 3. The van der Waals surface area contributed by atoms with Crippen LogP contribution in [0, 0.1) is 6.92 Å². The monoisotopic (exact) mass is 443 g/mol. The highest BCUT2D eigenvalue weighted by molar-refractivity contribution is 6.02. The van der Waals surface area contributed by atoms with E-state index in [1.807, 2.05) is 37.3 Å². The zero-order valence-electron chi connectivity index (χ0n) is 18.5. The average Bonchev–Trinajstić information content (AvgIpc) is 2.82. The summed E-state index contributed by atoms with van der Waals surface area (Å²) in [5.74, 6) is -0.273. The van der Waals surface area contributed by atoms with Gasteiger partial charge in [-0.1, -0.05) is 42.5 Å². The van der Waals surface area contributed by atoms with Gasteiger partial charge in [0.15, 0.2) is 6.10 Å². The molecule has 1 unspecified atom stereocenters. The number of rotatable bonds is 6. The molecule has 1 atom stereocenters. The van der Waals surface area contributed by atoms with Gasteiger partial charge in [-0.2, -0.15) is 0 Å². The van der Waals surface area contributed by atoms with Crippen LogP contribution in [0.4, 0.5) is 11.4 Å². The first-order chi connectivity index (χ1) is 15.9. The summed E-state index contributed by atoms with van der Waals surface area (Å²) in [6.45, 7) is 3.95. The van der Waals surface area contributed by atoms with Gasteiger partial charge in [-0.3, -0.25) is 14.4 Å². The highest BCUT2D eigenvalue weighted by Gasteiger charge is 2.32. The van der Waals surface area contributed by atoms with Gasteiger partial charge in [-0.15, -0.1) is 0 Å². The number of hydrogen-bond donors (Lipinski definition) is 2. The molecule has 168 valence electrons. The number of fused-ring (bicyclic) bond motifs is 1. The fraction of sp³-hybridized carbons (Fsp3) is 0.192. The maximum atomic E-state index is 12.9. The van der Waals surface area contributed by atoms with E-state index in [1.54, 1.807) is 54.3 Å².